The van der Waals surface area contributed by atoms with Crippen LogP contribution < -0.4 is 10.5 Å². The average molecular weight is 271 g/mol. The number of fused-ring (bicyclic) bond motifs is 1. The van der Waals surface area contributed by atoms with Crippen molar-refractivity contribution < 1.29 is 9.26 Å². The standard InChI is InChI=1S/C15H17N3O2/c16-12-6-3-5-10(12)15-17-14(18-20-15)11-8-19-13-7-2-1-4-9(11)13/h1-2,4,7,10-12H,3,5-6,8,16H2. The van der Waals surface area contributed by atoms with Crippen molar-refractivity contribution in [2.45, 2.75) is 37.1 Å². The van der Waals surface area contributed by atoms with Gasteiger partial charge in [0.15, 0.2) is 5.82 Å². The highest BCUT2D eigenvalue weighted by Gasteiger charge is 2.33. The molecule has 0 saturated heterocycles. The van der Waals surface area contributed by atoms with Crippen molar-refractivity contribution in [2.24, 2.45) is 5.73 Å². The first-order valence-corrected chi connectivity index (χ1v) is 7.14. The Kier molecular flexibility index (Phi) is 2.73. The lowest BCUT2D eigenvalue weighted by Gasteiger charge is -2.09. The van der Waals surface area contributed by atoms with Crippen LogP contribution in [0.3, 0.4) is 0 Å². The largest absolute Gasteiger partial charge is 0.492 e. The average Bonchev–Trinajstić information content (AvgIpc) is 3.15. The van der Waals surface area contributed by atoms with Gasteiger partial charge in [-0.2, -0.15) is 4.98 Å². The number of aromatic nitrogens is 2. The Labute approximate surface area is 117 Å². The summed E-state index contributed by atoms with van der Waals surface area (Å²) in [5.74, 6) is 2.61. The molecule has 1 aromatic carbocycles. The zero-order chi connectivity index (χ0) is 13.5. The Bertz CT molecular complexity index is 625. The fourth-order valence-electron chi connectivity index (χ4n) is 3.21. The number of nitrogens with two attached hydrogens (primary N) is 1. The molecule has 2 heterocycles. The van der Waals surface area contributed by atoms with E-state index in [1.807, 2.05) is 18.2 Å². The number of hydrogen-bond acceptors (Lipinski definition) is 5. The van der Waals surface area contributed by atoms with E-state index < -0.39 is 0 Å². The Balaban J connectivity index is 1.63. The van der Waals surface area contributed by atoms with Crippen molar-refractivity contribution in [3.63, 3.8) is 0 Å². The Morgan fingerprint density at radius 3 is 2.95 bits per heavy atom. The van der Waals surface area contributed by atoms with Gasteiger partial charge in [0.2, 0.25) is 5.89 Å². The Morgan fingerprint density at radius 2 is 2.10 bits per heavy atom. The molecule has 1 aliphatic carbocycles. The number of hydrogen-bond donors (Lipinski definition) is 1. The number of nitrogens with zero attached hydrogens (tertiary/aromatic N) is 2. The molecular formula is C15H17N3O2. The fourth-order valence-corrected chi connectivity index (χ4v) is 3.21. The van der Waals surface area contributed by atoms with Gasteiger partial charge in [0, 0.05) is 11.6 Å². The van der Waals surface area contributed by atoms with Gasteiger partial charge in [-0.25, -0.2) is 0 Å². The van der Waals surface area contributed by atoms with E-state index in [1.165, 1.54) is 0 Å². The third-order valence-corrected chi connectivity index (χ3v) is 4.36. The van der Waals surface area contributed by atoms with Crippen LogP contribution in [0.4, 0.5) is 0 Å². The molecule has 5 nitrogen and oxygen atoms in total. The van der Waals surface area contributed by atoms with Crippen LogP contribution in [0.5, 0.6) is 5.75 Å². The van der Waals surface area contributed by atoms with Gasteiger partial charge in [0.05, 0.1) is 11.8 Å². The van der Waals surface area contributed by atoms with E-state index in [4.69, 9.17) is 15.0 Å². The second kappa shape index (κ2) is 4.59. The smallest absolute Gasteiger partial charge is 0.231 e. The predicted octanol–water partition coefficient (Wildman–Crippen LogP) is 2.19. The van der Waals surface area contributed by atoms with Crippen molar-refractivity contribution in [3.8, 4) is 5.75 Å². The number of ether oxygens (including phenoxy) is 1. The van der Waals surface area contributed by atoms with Crippen molar-refractivity contribution in [1.82, 2.24) is 10.1 Å². The van der Waals surface area contributed by atoms with E-state index in [0.29, 0.717) is 18.3 Å². The predicted molar refractivity (Wildman–Crippen MR) is 72.6 cm³/mol. The SMILES string of the molecule is NC1CCCC1c1nc(C2COc3ccccc32)no1. The quantitative estimate of drug-likeness (QED) is 0.906. The highest BCUT2D eigenvalue weighted by Crippen LogP contribution is 2.38. The number of para-hydroxylation sites is 1. The molecule has 20 heavy (non-hydrogen) atoms. The van der Waals surface area contributed by atoms with E-state index in [-0.39, 0.29) is 17.9 Å². The van der Waals surface area contributed by atoms with Gasteiger partial charge >= 0.3 is 0 Å². The summed E-state index contributed by atoms with van der Waals surface area (Å²) >= 11 is 0. The van der Waals surface area contributed by atoms with Gasteiger partial charge in [-0.15, -0.1) is 0 Å². The highest BCUT2D eigenvalue weighted by molar-refractivity contribution is 5.42. The maximum atomic E-state index is 6.10. The molecule has 0 bridgehead atoms. The Hall–Kier alpha value is -1.88. The highest BCUT2D eigenvalue weighted by atomic mass is 16.5. The molecule has 1 aliphatic heterocycles. The lowest BCUT2D eigenvalue weighted by Crippen LogP contribution is -2.23. The lowest BCUT2D eigenvalue weighted by atomic mass is 10.0. The molecule has 2 N–H and O–H groups in total. The van der Waals surface area contributed by atoms with Crippen LogP contribution >= 0.6 is 0 Å². The molecule has 3 atom stereocenters. The minimum Gasteiger partial charge on any atom is -0.492 e. The topological polar surface area (TPSA) is 74.2 Å². The van der Waals surface area contributed by atoms with E-state index in [0.717, 1.165) is 30.6 Å². The molecule has 0 amide bonds. The third-order valence-electron chi connectivity index (χ3n) is 4.36. The lowest BCUT2D eigenvalue weighted by molar-refractivity contribution is 0.325. The minimum atomic E-state index is 0.0707. The monoisotopic (exact) mass is 271 g/mol. The third kappa shape index (κ3) is 1.81. The van der Waals surface area contributed by atoms with Crippen molar-refractivity contribution in [2.75, 3.05) is 6.61 Å². The summed E-state index contributed by atoms with van der Waals surface area (Å²) in [5.41, 5.74) is 7.23. The van der Waals surface area contributed by atoms with Crippen LogP contribution in [0.1, 0.15) is 48.4 Å². The summed E-state index contributed by atoms with van der Waals surface area (Å²) in [5, 5.41) is 4.15. The fraction of sp³-hybridized carbons (Fsp3) is 0.467. The van der Waals surface area contributed by atoms with Gasteiger partial charge < -0.3 is 15.0 Å². The van der Waals surface area contributed by atoms with Crippen LogP contribution in [-0.2, 0) is 0 Å². The second-order valence-electron chi connectivity index (χ2n) is 5.59. The normalized spacial score (nSPS) is 28.4. The molecule has 1 saturated carbocycles. The van der Waals surface area contributed by atoms with Crippen LogP contribution in [0.2, 0.25) is 0 Å². The molecule has 0 radical (unpaired) electrons. The zero-order valence-corrected chi connectivity index (χ0v) is 11.2. The van der Waals surface area contributed by atoms with Gasteiger partial charge in [0.25, 0.3) is 0 Å². The maximum Gasteiger partial charge on any atom is 0.231 e. The minimum absolute atomic E-state index is 0.0707. The summed E-state index contributed by atoms with van der Waals surface area (Å²) in [6, 6.07) is 8.16. The van der Waals surface area contributed by atoms with E-state index >= 15 is 0 Å². The van der Waals surface area contributed by atoms with Gasteiger partial charge in [0.1, 0.15) is 12.4 Å². The molecule has 0 spiro atoms. The first-order valence-electron chi connectivity index (χ1n) is 7.14. The van der Waals surface area contributed by atoms with Crippen molar-refractivity contribution >= 4 is 0 Å². The molecule has 1 fully saturated rings. The number of benzene rings is 1. The van der Waals surface area contributed by atoms with E-state index in [9.17, 15) is 0 Å². The molecule has 2 aromatic rings. The molecule has 5 heteroatoms. The zero-order valence-electron chi connectivity index (χ0n) is 11.2. The summed E-state index contributed by atoms with van der Waals surface area (Å²) in [7, 11) is 0. The first-order chi connectivity index (χ1) is 9.83. The van der Waals surface area contributed by atoms with Crippen molar-refractivity contribution in [3.05, 3.63) is 41.5 Å². The summed E-state index contributed by atoms with van der Waals surface area (Å²) < 4.78 is 11.1. The first kappa shape index (κ1) is 11.9. The van der Waals surface area contributed by atoms with Crippen LogP contribution in [0.25, 0.3) is 0 Å². The van der Waals surface area contributed by atoms with E-state index in [1.54, 1.807) is 0 Å². The molecular weight excluding hydrogens is 254 g/mol. The molecule has 4 rings (SSSR count). The van der Waals surface area contributed by atoms with Crippen LogP contribution in [0, 0.1) is 0 Å². The molecule has 3 unspecified atom stereocenters. The second-order valence-corrected chi connectivity index (χ2v) is 5.59. The maximum absolute atomic E-state index is 6.10. The summed E-state index contributed by atoms with van der Waals surface area (Å²) in [6.07, 6.45) is 3.22. The summed E-state index contributed by atoms with van der Waals surface area (Å²) in [4.78, 5) is 4.59. The van der Waals surface area contributed by atoms with Crippen LogP contribution in [-0.4, -0.2) is 22.8 Å². The summed E-state index contributed by atoms with van der Waals surface area (Å²) in [6.45, 7) is 0.578. The molecule has 2 aliphatic rings. The molecule has 104 valence electrons. The van der Waals surface area contributed by atoms with Gasteiger partial charge in [-0.3, -0.25) is 0 Å². The molecule has 1 aromatic heterocycles. The van der Waals surface area contributed by atoms with Gasteiger partial charge in [-0.05, 0) is 18.9 Å². The van der Waals surface area contributed by atoms with E-state index in [2.05, 4.69) is 16.2 Å². The Morgan fingerprint density at radius 1 is 1.20 bits per heavy atom. The van der Waals surface area contributed by atoms with Crippen molar-refractivity contribution in [1.29, 1.82) is 0 Å². The van der Waals surface area contributed by atoms with Crippen LogP contribution in [0.15, 0.2) is 28.8 Å². The number of rotatable bonds is 2. The van der Waals surface area contributed by atoms with Gasteiger partial charge in [-0.1, -0.05) is 29.8 Å².